The van der Waals surface area contributed by atoms with Gasteiger partial charge in [-0.2, -0.15) is 10.4 Å². The van der Waals surface area contributed by atoms with Crippen LogP contribution < -0.4 is 10.3 Å². The van der Waals surface area contributed by atoms with E-state index in [9.17, 15) is 10.1 Å². The first kappa shape index (κ1) is 22.4. The minimum atomic E-state index is -0.226. The van der Waals surface area contributed by atoms with Crippen LogP contribution in [0.2, 0.25) is 0 Å². The van der Waals surface area contributed by atoms with E-state index in [1.807, 2.05) is 38.1 Å². The first-order valence-corrected chi connectivity index (χ1v) is 12.8. The summed E-state index contributed by atoms with van der Waals surface area (Å²) in [5, 5.41) is 15.1. The van der Waals surface area contributed by atoms with Crippen LogP contribution in [0, 0.1) is 25.2 Å². The van der Waals surface area contributed by atoms with Gasteiger partial charge in [-0.1, -0.05) is 0 Å². The number of hydrogen-bond acceptors (Lipinski definition) is 5. The zero-order chi connectivity index (χ0) is 23.7. The summed E-state index contributed by atoms with van der Waals surface area (Å²) in [5.74, 6) is -0.226. The molecule has 174 valence electrons. The summed E-state index contributed by atoms with van der Waals surface area (Å²) >= 11 is 1.74. The van der Waals surface area contributed by atoms with Gasteiger partial charge in [-0.15, -0.1) is 11.3 Å². The molecule has 0 spiro atoms. The molecule has 0 saturated carbocycles. The molecule has 1 aliphatic carbocycles. The number of fused-ring (bicyclic) bond motifs is 1. The maximum Gasteiger partial charge on any atom is 0.271 e. The number of hydrazone groups is 1. The molecule has 0 bridgehead atoms. The lowest BCUT2D eigenvalue weighted by molar-refractivity contribution is 0.0955. The molecule has 3 aromatic rings. The zero-order valence-electron chi connectivity index (χ0n) is 19.7. The van der Waals surface area contributed by atoms with Crippen LogP contribution in [0.5, 0.6) is 0 Å². The summed E-state index contributed by atoms with van der Waals surface area (Å²) in [6, 6.07) is 12.2. The number of hydrogen-bond donors (Lipinski definition) is 1. The third-order valence-corrected chi connectivity index (χ3v) is 8.19. The number of thiophene rings is 1. The van der Waals surface area contributed by atoms with Gasteiger partial charge in [0.15, 0.2) is 0 Å². The number of rotatable bonds is 5. The first-order valence-electron chi connectivity index (χ1n) is 12.0. The zero-order valence-corrected chi connectivity index (χ0v) is 20.5. The van der Waals surface area contributed by atoms with Crippen LogP contribution >= 0.6 is 11.3 Å². The fourth-order valence-corrected chi connectivity index (χ4v) is 6.53. The lowest BCUT2D eigenvalue weighted by Crippen LogP contribution is -2.19. The summed E-state index contributed by atoms with van der Waals surface area (Å²) in [7, 11) is 0. The Hall–Kier alpha value is -3.37. The van der Waals surface area contributed by atoms with E-state index >= 15 is 0 Å². The van der Waals surface area contributed by atoms with E-state index < -0.39 is 0 Å². The predicted octanol–water partition coefficient (Wildman–Crippen LogP) is 5.27. The number of aromatic nitrogens is 1. The van der Waals surface area contributed by atoms with E-state index in [1.165, 1.54) is 29.7 Å². The standard InChI is InChI=1S/C27H29N5OS/c1-18-15-21(19(2)32(18)27-24(16-28)23-7-3-4-8-25(23)34-27)17-29-30-26(33)20-9-11-22(12-10-20)31-13-5-6-14-31/h9-12,15,17H,3-8,13-14H2,1-2H3,(H,30,33)/b29-17-. The van der Waals surface area contributed by atoms with Crippen molar-refractivity contribution in [3.8, 4) is 11.1 Å². The number of nitrogens with one attached hydrogen (secondary N) is 1. The first-order chi connectivity index (χ1) is 16.6. The molecule has 1 aromatic carbocycles. The molecule has 1 N–H and O–H groups in total. The molecule has 5 rings (SSSR count). The minimum absolute atomic E-state index is 0.226. The average Bonchev–Trinajstić information content (AvgIpc) is 3.57. The summed E-state index contributed by atoms with van der Waals surface area (Å²) in [5.41, 5.74) is 9.45. The van der Waals surface area contributed by atoms with Crippen molar-refractivity contribution < 1.29 is 4.79 Å². The van der Waals surface area contributed by atoms with E-state index in [2.05, 4.69) is 32.1 Å². The van der Waals surface area contributed by atoms with Crippen molar-refractivity contribution in [3.05, 3.63) is 68.9 Å². The molecule has 3 heterocycles. The third-order valence-electron chi connectivity index (χ3n) is 6.91. The van der Waals surface area contributed by atoms with Crippen LogP contribution in [-0.4, -0.2) is 29.8 Å². The number of benzene rings is 1. The molecule has 0 radical (unpaired) electrons. The third kappa shape index (κ3) is 4.14. The molecule has 0 unspecified atom stereocenters. The number of carbonyl (C=O) groups is 1. The van der Waals surface area contributed by atoms with Crippen molar-refractivity contribution in [2.24, 2.45) is 5.10 Å². The number of carbonyl (C=O) groups excluding carboxylic acids is 1. The topological polar surface area (TPSA) is 73.4 Å². The Bertz CT molecular complexity index is 1290. The van der Waals surface area contributed by atoms with Crippen LogP contribution in [0.25, 0.3) is 5.00 Å². The molecular formula is C27H29N5OS. The van der Waals surface area contributed by atoms with Crippen molar-refractivity contribution >= 4 is 29.1 Å². The molecule has 7 heteroatoms. The number of nitrogens with zero attached hydrogens (tertiary/aromatic N) is 4. The van der Waals surface area contributed by atoms with E-state index in [0.29, 0.717) is 5.56 Å². The maximum absolute atomic E-state index is 12.6. The number of anilines is 1. The second-order valence-electron chi connectivity index (χ2n) is 9.10. The fraction of sp³-hybridized carbons (Fsp3) is 0.370. The van der Waals surface area contributed by atoms with Gasteiger partial charge < -0.3 is 9.47 Å². The van der Waals surface area contributed by atoms with E-state index in [-0.39, 0.29) is 5.91 Å². The van der Waals surface area contributed by atoms with Crippen molar-refractivity contribution in [1.29, 1.82) is 5.26 Å². The van der Waals surface area contributed by atoms with Crippen LogP contribution in [0.15, 0.2) is 35.4 Å². The highest BCUT2D eigenvalue weighted by Crippen LogP contribution is 2.38. The van der Waals surface area contributed by atoms with Gasteiger partial charge in [-0.05, 0) is 88.3 Å². The molecule has 2 aromatic heterocycles. The molecule has 1 saturated heterocycles. The van der Waals surface area contributed by atoms with Crippen LogP contribution in [0.3, 0.4) is 0 Å². The van der Waals surface area contributed by atoms with E-state index in [1.54, 1.807) is 17.6 Å². The molecular weight excluding hydrogens is 442 g/mol. The Morgan fingerprint density at radius 3 is 2.59 bits per heavy atom. The van der Waals surface area contributed by atoms with Gasteiger partial charge in [0.05, 0.1) is 11.8 Å². The van der Waals surface area contributed by atoms with Gasteiger partial charge in [0, 0.05) is 46.2 Å². The summed E-state index contributed by atoms with van der Waals surface area (Å²) in [4.78, 5) is 16.3. The number of amides is 1. The van der Waals surface area contributed by atoms with E-state index in [4.69, 9.17) is 0 Å². The minimum Gasteiger partial charge on any atom is -0.372 e. The quantitative estimate of drug-likeness (QED) is 0.407. The Morgan fingerprint density at radius 2 is 1.85 bits per heavy atom. The second-order valence-corrected chi connectivity index (χ2v) is 10.2. The Morgan fingerprint density at radius 1 is 1.12 bits per heavy atom. The Kier molecular flexibility index (Phi) is 6.25. The largest absolute Gasteiger partial charge is 0.372 e. The Balaban J connectivity index is 1.32. The van der Waals surface area contributed by atoms with Gasteiger partial charge in [-0.25, -0.2) is 5.43 Å². The lowest BCUT2D eigenvalue weighted by Gasteiger charge is -2.17. The average molecular weight is 472 g/mol. The molecule has 1 fully saturated rings. The Labute approximate surface area is 204 Å². The van der Waals surface area contributed by atoms with Crippen molar-refractivity contribution in [1.82, 2.24) is 9.99 Å². The van der Waals surface area contributed by atoms with Crippen LogP contribution in [0.4, 0.5) is 5.69 Å². The summed E-state index contributed by atoms with van der Waals surface area (Å²) in [6.45, 7) is 6.24. The van der Waals surface area contributed by atoms with Crippen LogP contribution in [-0.2, 0) is 12.8 Å². The van der Waals surface area contributed by atoms with Crippen molar-refractivity contribution in [2.45, 2.75) is 52.4 Å². The smallest absolute Gasteiger partial charge is 0.271 e. The highest BCUT2D eigenvalue weighted by Gasteiger charge is 2.23. The molecule has 2 aliphatic rings. The monoisotopic (exact) mass is 471 g/mol. The van der Waals surface area contributed by atoms with E-state index in [0.717, 1.165) is 65.6 Å². The van der Waals surface area contributed by atoms with Gasteiger partial charge in [0.2, 0.25) is 0 Å². The lowest BCUT2D eigenvalue weighted by atomic mass is 9.96. The molecule has 34 heavy (non-hydrogen) atoms. The second kappa shape index (κ2) is 9.47. The normalized spacial score (nSPS) is 15.5. The summed E-state index contributed by atoms with van der Waals surface area (Å²) in [6.07, 6.45) is 8.55. The fourth-order valence-electron chi connectivity index (χ4n) is 5.08. The summed E-state index contributed by atoms with van der Waals surface area (Å²) < 4.78 is 2.15. The van der Waals surface area contributed by atoms with Gasteiger partial charge in [0.25, 0.3) is 5.91 Å². The molecule has 6 nitrogen and oxygen atoms in total. The van der Waals surface area contributed by atoms with Crippen LogP contribution in [0.1, 0.15) is 69.0 Å². The van der Waals surface area contributed by atoms with Crippen molar-refractivity contribution in [3.63, 3.8) is 0 Å². The SMILES string of the molecule is Cc1cc(/C=N\NC(=O)c2ccc(N3CCCC3)cc2)c(C)n1-c1sc2c(c1C#N)CCCC2. The number of aryl methyl sites for hydroxylation is 2. The highest BCUT2D eigenvalue weighted by molar-refractivity contribution is 7.15. The molecule has 1 amide bonds. The van der Waals surface area contributed by atoms with Gasteiger partial charge >= 0.3 is 0 Å². The number of nitriles is 1. The molecule has 0 atom stereocenters. The van der Waals surface area contributed by atoms with Crippen molar-refractivity contribution in [2.75, 3.05) is 18.0 Å². The van der Waals surface area contributed by atoms with Gasteiger partial charge in [-0.3, -0.25) is 4.79 Å². The molecule has 1 aliphatic heterocycles. The van der Waals surface area contributed by atoms with Gasteiger partial charge in [0.1, 0.15) is 11.1 Å². The highest BCUT2D eigenvalue weighted by atomic mass is 32.1. The predicted molar refractivity (Wildman–Crippen MR) is 137 cm³/mol. The maximum atomic E-state index is 12.6.